The second kappa shape index (κ2) is 7.45. The molecule has 1 N–H and O–H groups in total. The van der Waals surface area contributed by atoms with Crippen LogP contribution < -0.4 is 18.9 Å². The topological polar surface area (TPSA) is 73.9 Å². The first kappa shape index (κ1) is 18.4. The summed E-state index contributed by atoms with van der Waals surface area (Å²) in [4.78, 5) is 0.149. The van der Waals surface area contributed by atoms with Crippen LogP contribution in [-0.2, 0) is 22.9 Å². The number of rotatable bonds is 6. The zero-order valence-corrected chi connectivity index (χ0v) is 16.0. The maximum absolute atomic E-state index is 13.0. The Hall–Kier alpha value is -2.41. The quantitative estimate of drug-likeness (QED) is 0.835. The molecule has 0 aliphatic heterocycles. The number of sulfonamides is 1. The molecule has 0 aromatic heterocycles. The average Bonchev–Trinajstić information content (AvgIpc) is 2.66. The lowest BCUT2D eigenvalue weighted by Crippen LogP contribution is -2.16. The lowest BCUT2D eigenvalue weighted by molar-refractivity contribution is 0.355. The van der Waals surface area contributed by atoms with Crippen LogP contribution in [0.2, 0.25) is 0 Å². The lowest BCUT2D eigenvalue weighted by Gasteiger charge is -2.20. The van der Waals surface area contributed by atoms with Crippen molar-refractivity contribution in [2.75, 3.05) is 26.1 Å². The highest BCUT2D eigenvalue weighted by molar-refractivity contribution is 7.92. The molecule has 0 heterocycles. The maximum Gasteiger partial charge on any atom is 0.265 e. The van der Waals surface area contributed by atoms with Crippen LogP contribution in [0.4, 0.5) is 5.69 Å². The summed E-state index contributed by atoms with van der Waals surface area (Å²) in [5, 5.41) is 0. The molecule has 0 unspecified atom stereocenters. The van der Waals surface area contributed by atoms with Crippen LogP contribution in [0.5, 0.6) is 17.2 Å². The van der Waals surface area contributed by atoms with Gasteiger partial charge in [0.05, 0.1) is 27.0 Å². The predicted molar refractivity (Wildman–Crippen MR) is 100.0 cm³/mol. The van der Waals surface area contributed by atoms with Crippen LogP contribution >= 0.6 is 0 Å². The second-order valence-electron chi connectivity index (χ2n) is 6.15. The Bertz CT molecular complexity index is 908. The van der Waals surface area contributed by atoms with Gasteiger partial charge in [0.1, 0.15) is 10.6 Å². The van der Waals surface area contributed by atoms with Crippen LogP contribution in [0.1, 0.15) is 24.0 Å². The van der Waals surface area contributed by atoms with Gasteiger partial charge >= 0.3 is 0 Å². The van der Waals surface area contributed by atoms with Crippen molar-refractivity contribution in [3.05, 3.63) is 41.5 Å². The van der Waals surface area contributed by atoms with E-state index in [9.17, 15) is 8.42 Å². The number of hydrogen-bond donors (Lipinski definition) is 1. The molecule has 140 valence electrons. The monoisotopic (exact) mass is 377 g/mol. The van der Waals surface area contributed by atoms with Crippen molar-refractivity contribution in [3.63, 3.8) is 0 Å². The van der Waals surface area contributed by atoms with E-state index in [1.165, 1.54) is 21.3 Å². The van der Waals surface area contributed by atoms with E-state index in [-0.39, 0.29) is 4.90 Å². The fraction of sp³-hybridized carbons (Fsp3) is 0.368. The molecule has 7 heteroatoms. The van der Waals surface area contributed by atoms with Crippen molar-refractivity contribution in [1.29, 1.82) is 0 Å². The van der Waals surface area contributed by atoms with E-state index < -0.39 is 10.0 Å². The summed E-state index contributed by atoms with van der Waals surface area (Å²) >= 11 is 0. The van der Waals surface area contributed by atoms with Crippen molar-refractivity contribution in [2.24, 2.45) is 0 Å². The smallest absolute Gasteiger partial charge is 0.265 e. The zero-order chi connectivity index (χ0) is 18.7. The number of anilines is 1. The highest BCUT2D eigenvalue weighted by Crippen LogP contribution is 2.34. The van der Waals surface area contributed by atoms with Crippen molar-refractivity contribution in [1.82, 2.24) is 0 Å². The van der Waals surface area contributed by atoms with E-state index in [2.05, 4.69) is 4.72 Å². The van der Waals surface area contributed by atoms with E-state index in [1.807, 2.05) is 6.07 Å². The molecule has 0 amide bonds. The van der Waals surface area contributed by atoms with Crippen molar-refractivity contribution < 1.29 is 22.6 Å². The molecule has 1 aliphatic rings. The van der Waals surface area contributed by atoms with Crippen LogP contribution in [0.25, 0.3) is 0 Å². The molecule has 2 aromatic carbocycles. The third-order valence-electron chi connectivity index (χ3n) is 4.55. The molecule has 6 nitrogen and oxygen atoms in total. The molecule has 0 radical (unpaired) electrons. The fourth-order valence-electron chi connectivity index (χ4n) is 3.22. The van der Waals surface area contributed by atoms with Gasteiger partial charge in [-0.25, -0.2) is 8.42 Å². The summed E-state index contributed by atoms with van der Waals surface area (Å²) in [6.45, 7) is 0. The van der Waals surface area contributed by atoms with Gasteiger partial charge in [0.2, 0.25) is 0 Å². The molecule has 3 rings (SSSR count). The minimum atomic E-state index is -3.81. The summed E-state index contributed by atoms with van der Waals surface area (Å²) in [5.74, 6) is 1.34. The minimum Gasteiger partial charge on any atom is -0.495 e. The molecule has 26 heavy (non-hydrogen) atoms. The molecule has 1 aliphatic carbocycles. The molecule has 0 saturated heterocycles. The number of aryl methyl sites for hydroxylation is 2. The summed E-state index contributed by atoms with van der Waals surface area (Å²) in [5.41, 5.74) is 2.63. The van der Waals surface area contributed by atoms with Crippen LogP contribution in [0.15, 0.2) is 35.2 Å². The second-order valence-corrected chi connectivity index (χ2v) is 7.80. The Balaban J connectivity index is 1.98. The number of fused-ring (bicyclic) bond motifs is 1. The largest absolute Gasteiger partial charge is 0.495 e. The number of nitrogens with one attached hydrogen (secondary N) is 1. The standard InChI is InChI=1S/C19H23NO5S/c1-23-16-9-8-15(12-17(16)24-2)20-26(21,22)19-11-14-7-5-4-6-13(14)10-18(19)25-3/h8-12,20H,4-7H2,1-3H3. The lowest BCUT2D eigenvalue weighted by atomic mass is 9.92. The number of benzene rings is 2. The van der Waals surface area contributed by atoms with Gasteiger partial charge < -0.3 is 14.2 Å². The Morgan fingerprint density at radius 3 is 2.04 bits per heavy atom. The molecule has 0 fully saturated rings. The number of ether oxygens (including phenoxy) is 3. The van der Waals surface area contributed by atoms with Crippen LogP contribution in [0, 0.1) is 0 Å². The third kappa shape index (κ3) is 3.58. The van der Waals surface area contributed by atoms with Gasteiger partial charge in [-0.05, 0) is 61.1 Å². The van der Waals surface area contributed by atoms with Gasteiger partial charge in [-0.1, -0.05) is 0 Å². The SMILES string of the molecule is COc1ccc(NS(=O)(=O)c2cc3c(cc2OC)CCCC3)cc1OC. The van der Waals surface area contributed by atoms with Crippen molar-refractivity contribution in [3.8, 4) is 17.2 Å². The molecule has 0 atom stereocenters. The number of hydrogen-bond acceptors (Lipinski definition) is 5. The Morgan fingerprint density at radius 2 is 1.42 bits per heavy atom. The van der Waals surface area contributed by atoms with Crippen LogP contribution in [-0.4, -0.2) is 29.7 Å². The van der Waals surface area contributed by atoms with Crippen molar-refractivity contribution in [2.45, 2.75) is 30.6 Å². The first-order valence-electron chi connectivity index (χ1n) is 8.43. The Kier molecular flexibility index (Phi) is 5.27. The highest BCUT2D eigenvalue weighted by Gasteiger charge is 2.23. The summed E-state index contributed by atoms with van der Waals surface area (Å²) in [6.07, 6.45) is 4.03. The predicted octanol–water partition coefficient (Wildman–Crippen LogP) is 3.39. The Labute approximate surface area is 154 Å². The molecule has 0 bridgehead atoms. The minimum absolute atomic E-state index is 0.149. The average molecular weight is 377 g/mol. The van der Waals surface area contributed by atoms with Gasteiger partial charge in [0.15, 0.2) is 11.5 Å². The number of methoxy groups -OCH3 is 3. The van der Waals surface area contributed by atoms with Gasteiger partial charge in [-0.3, -0.25) is 4.72 Å². The summed E-state index contributed by atoms with van der Waals surface area (Å²) < 4.78 is 44.3. The van der Waals surface area contributed by atoms with E-state index in [4.69, 9.17) is 14.2 Å². The van der Waals surface area contributed by atoms with E-state index >= 15 is 0 Å². The van der Waals surface area contributed by atoms with Crippen LogP contribution in [0.3, 0.4) is 0 Å². The van der Waals surface area contributed by atoms with Gasteiger partial charge in [-0.15, -0.1) is 0 Å². The first-order chi connectivity index (χ1) is 12.5. The fourth-order valence-corrected chi connectivity index (χ4v) is 4.47. The molecular weight excluding hydrogens is 354 g/mol. The summed E-state index contributed by atoms with van der Waals surface area (Å²) in [7, 11) is 0.711. The maximum atomic E-state index is 13.0. The molecular formula is C19H23NO5S. The summed E-state index contributed by atoms with van der Waals surface area (Å²) in [6, 6.07) is 8.44. The van der Waals surface area contributed by atoms with Gasteiger partial charge in [0.25, 0.3) is 10.0 Å². The molecule has 0 saturated carbocycles. The van der Waals surface area contributed by atoms with E-state index in [0.29, 0.717) is 22.9 Å². The van der Waals surface area contributed by atoms with E-state index in [1.54, 1.807) is 24.3 Å². The normalized spacial score (nSPS) is 13.7. The Morgan fingerprint density at radius 1 is 0.808 bits per heavy atom. The van der Waals surface area contributed by atoms with Gasteiger partial charge in [0, 0.05) is 6.07 Å². The van der Waals surface area contributed by atoms with Crippen molar-refractivity contribution >= 4 is 15.7 Å². The van der Waals surface area contributed by atoms with E-state index in [0.717, 1.165) is 36.8 Å². The molecule has 0 spiro atoms. The first-order valence-corrected chi connectivity index (χ1v) is 9.91. The highest BCUT2D eigenvalue weighted by atomic mass is 32.2. The molecule has 2 aromatic rings. The third-order valence-corrected chi connectivity index (χ3v) is 5.96. The zero-order valence-electron chi connectivity index (χ0n) is 15.2. The van der Waals surface area contributed by atoms with Gasteiger partial charge in [-0.2, -0.15) is 0 Å².